The molecule has 0 aliphatic heterocycles. The molecule has 0 radical (unpaired) electrons. The molecule has 0 bridgehead atoms. The van der Waals surface area contributed by atoms with Crippen molar-refractivity contribution in [3.63, 3.8) is 0 Å². The molecular formula is C17H18N2O. The van der Waals surface area contributed by atoms with Gasteiger partial charge >= 0.3 is 0 Å². The molecule has 0 amide bonds. The van der Waals surface area contributed by atoms with E-state index in [2.05, 4.69) is 11.1 Å². The van der Waals surface area contributed by atoms with Gasteiger partial charge in [-0.1, -0.05) is 37.5 Å². The highest BCUT2D eigenvalue weighted by Crippen LogP contribution is 2.26. The minimum absolute atomic E-state index is 0.483. The van der Waals surface area contributed by atoms with Crippen LogP contribution in [0.3, 0.4) is 0 Å². The molecular weight excluding hydrogens is 248 g/mol. The van der Waals surface area contributed by atoms with Gasteiger partial charge in [0.2, 0.25) is 5.88 Å². The summed E-state index contributed by atoms with van der Waals surface area (Å²) in [5, 5.41) is 10.2. The first-order chi connectivity index (χ1) is 9.86. The van der Waals surface area contributed by atoms with Gasteiger partial charge in [-0.15, -0.1) is 0 Å². The molecule has 1 aromatic carbocycles. The first-order valence-corrected chi connectivity index (χ1v) is 7.29. The topological polar surface area (TPSA) is 45.9 Å². The average Bonchev–Trinajstić information content (AvgIpc) is 2.53. The Bertz CT molecular complexity index is 639. The predicted molar refractivity (Wildman–Crippen MR) is 78.5 cm³/mol. The van der Waals surface area contributed by atoms with E-state index in [-0.39, 0.29) is 0 Å². The number of hydrogen-bond acceptors (Lipinski definition) is 3. The quantitative estimate of drug-likeness (QED) is 0.841. The maximum absolute atomic E-state index is 9.24. The van der Waals surface area contributed by atoms with Crippen molar-refractivity contribution < 1.29 is 4.74 Å². The summed E-state index contributed by atoms with van der Waals surface area (Å²) >= 11 is 0. The second-order valence-corrected chi connectivity index (χ2v) is 5.46. The fourth-order valence-corrected chi connectivity index (χ4v) is 2.84. The number of fused-ring (bicyclic) bond motifs is 1. The number of nitrogens with zero attached hydrogens (tertiary/aromatic N) is 2. The second kappa shape index (κ2) is 5.92. The summed E-state index contributed by atoms with van der Waals surface area (Å²) in [5.74, 6) is 1.10. The van der Waals surface area contributed by atoms with Crippen LogP contribution in [0.2, 0.25) is 0 Å². The van der Waals surface area contributed by atoms with Gasteiger partial charge in [-0.3, -0.25) is 0 Å². The Morgan fingerprint density at radius 2 is 2.00 bits per heavy atom. The summed E-state index contributed by atoms with van der Waals surface area (Å²) in [7, 11) is 0. The smallest absolute Gasteiger partial charge is 0.232 e. The summed E-state index contributed by atoms with van der Waals surface area (Å²) in [6, 6.07) is 11.9. The lowest BCUT2D eigenvalue weighted by molar-refractivity contribution is 0.203. The standard InChI is InChI=1S/C17H18N2O/c18-11-15-10-14-8-4-5-9-16(14)19-17(15)20-12-13-6-2-1-3-7-13/h4-5,8-10,13H,1-3,6-7,12H2. The van der Waals surface area contributed by atoms with Crippen molar-refractivity contribution in [3.8, 4) is 11.9 Å². The van der Waals surface area contributed by atoms with Gasteiger partial charge in [0.1, 0.15) is 11.6 Å². The maximum Gasteiger partial charge on any atom is 0.232 e. The van der Waals surface area contributed by atoms with E-state index < -0.39 is 0 Å². The van der Waals surface area contributed by atoms with E-state index in [0.29, 0.717) is 24.0 Å². The predicted octanol–water partition coefficient (Wildman–Crippen LogP) is 4.07. The number of nitriles is 1. The normalized spacial score (nSPS) is 15.9. The molecule has 2 aromatic rings. The molecule has 1 aliphatic rings. The number of pyridine rings is 1. The zero-order valence-electron chi connectivity index (χ0n) is 11.5. The van der Waals surface area contributed by atoms with E-state index in [0.717, 1.165) is 10.9 Å². The van der Waals surface area contributed by atoms with E-state index >= 15 is 0 Å². The molecule has 0 atom stereocenters. The van der Waals surface area contributed by atoms with Gasteiger partial charge in [0.05, 0.1) is 12.1 Å². The van der Waals surface area contributed by atoms with Crippen LogP contribution in [0.5, 0.6) is 5.88 Å². The van der Waals surface area contributed by atoms with E-state index in [9.17, 15) is 5.26 Å². The molecule has 3 nitrogen and oxygen atoms in total. The largest absolute Gasteiger partial charge is 0.476 e. The third-order valence-electron chi connectivity index (χ3n) is 3.99. The fraction of sp³-hybridized carbons (Fsp3) is 0.412. The number of hydrogen-bond donors (Lipinski definition) is 0. The van der Waals surface area contributed by atoms with Gasteiger partial charge in [0.25, 0.3) is 0 Å². The van der Waals surface area contributed by atoms with E-state index in [1.54, 1.807) is 0 Å². The molecule has 1 fully saturated rings. The molecule has 0 unspecified atom stereocenters. The Labute approximate surface area is 119 Å². The zero-order valence-corrected chi connectivity index (χ0v) is 11.5. The van der Waals surface area contributed by atoms with Gasteiger partial charge in [0, 0.05) is 5.39 Å². The number of para-hydroxylation sites is 1. The Hall–Kier alpha value is -2.08. The lowest BCUT2D eigenvalue weighted by atomic mass is 9.90. The minimum atomic E-state index is 0.483. The fourth-order valence-electron chi connectivity index (χ4n) is 2.84. The lowest BCUT2D eigenvalue weighted by Crippen LogP contribution is -2.16. The summed E-state index contributed by atoms with van der Waals surface area (Å²) in [4.78, 5) is 4.49. The first-order valence-electron chi connectivity index (χ1n) is 7.29. The Kier molecular flexibility index (Phi) is 3.83. The summed E-state index contributed by atoms with van der Waals surface area (Å²) in [6.07, 6.45) is 6.40. The average molecular weight is 266 g/mol. The van der Waals surface area contributed by atoms with Crippen LogP contribution < -0.4 is 4.74 Å². The number of aromatic nitrogens is 1. The molecule has 3 heteroatoms. The molecule has 0 saturated heterocycles. The lowest BCUT2D eigenvalue weighted by Gasteiger charge is -2.21. The van der Waals surface area contributed by atoms with Crippen LogP contribution >= 0.6 is 0 Å². The molecule has 0 spiro atoms. The molecule has 20 heavy (non-hydrogen) atoms. The van der Waals surface area contributed by atoms with Crippen LogP contribution in [0.15, 0.2) is 30.3 Å². The van der Waals surface area contributed by atoms with Crippen molar-refractivity contribution in [2.24, 2.45) is 5.92 Å². The zero-order chi connectivity index (χ0) is 13.8. The van der Waals surface area contributed by atoms with Crippen LogP contribution in [0.25, 0.3) is 10.9 Å². The Morgan fingerprint density at radius 3 is 2.80 bits per heavy atom. The third-order valence-corrected chi connectivity index (χ3v) is 3.99. The molecule has 1 saturated carbocycles. The van der Waals surface area contributed by atoms with Gasteiger partial charge in [0.15, 0.2) is 0 Å². The Morgan fingerprint density at radius 1 is 1.20 bits per heavy atom. The molecule has 1 heterocycles. The van der Waals surface area contributed by atoms with Gasteiger partial charge in [-0.2, -0.15) is 5.26 Å². The van der Waals surface area contributed by atoms with Crippen molar-refractivity contribution in [3.05, 3.63) is 35.9 Å². The summed E-state index contributed by atoms with van der Waals surface area (Å²) in [6.45, 7) is 0.681. The minimum Gasteiger partial charge on any atom is -0.476 e. The highest BCUT2D eigenvalue weighted by Gasteiger charge is 2.15. The Balaban J connectivity index is 1.80. The molecule has 102 valence electrons. The maximum atomic E-state index is 9.24. The van der Waals surface area contributed by atoms with Crippen LogP contribution in [0, 0.1) is 17.2 Å². The number of rotatable bonds is 3. The second-order valence-electron chi connectivity index (χ2n) is 5.46. The van der Waals surface area contributed by atoms with Gasteiger partial charge in [-0.25, -0.2) is 4.98 Å². The SMILES string of the molecule is N#Cc1cc2ccccc2nc1OCC1CCCCC1. The van der Waals surface area contributed by atoms with E-state index in [1.165, 1.54) is 32.1 Å². The van der Waals surface area contributed by atoms with Gasteiger partial charge in [-0.05, 0) is 30.9 Å². The van der Waals surface area contributed by atoms with Crippen molar-refractivity contribution in [2.75, 3.05) is 6.61 Å². The van der Waals surface area contributed by atoms with Crippen LogP contribution in [-0.2, 0) is 0 Å². The highest BCUT2D eigenvalue weighted by molar-refractivity contribution is 5.80. The van der Waals surface area contributed by atoms with Crippen LogP contribution in [0.4, 0.5) is 0 Å². The summed E-state index contributed by atoms with van der Waals surface area (Å²) in [5.41, 5.74) is 1.41. The van der Waals surface area contributed by atoms with Crippen molar-refractivity contribution >= 4 is 10.9 Å². The van der Waals surface area contributed by atoms with Crippen LogP contribution in [0.1, 0.15) is 37.7 Å². The first kappa shape index (κ1) is 12.9. The summed E-state index contributed by atoms with van der Waals surface area (Å²) < 4.78 is 5.84. The van der Waals surface area contributed by atoms with Gasteiger partial charge < -0.3 is 4.74 Å². The number of ether oxygens (including phenoxy) is 1. The molecule has 1 aromatic heterocycles. The van der Waals surface area contributed by atoms with Crippen LogP contribution in [-0.4, -0.2) is 11.6 Å². The van der Waals surface area contributed by atoms with Crippen molar-refractivity contribution in [1.29, 1.82) is 5.26 Å². The number of benzene rings is 1. The van der Waals surface area contributed by atoms with Crippen molar-refractivity contribution in [2.45, 2.75) is 32.1 Å². The third kappa shape index (κ3) is 2.75. The molecule has 1 aliphatic carbocycles. The van der Waals surface area contributed by atoms with Crippen molar-refractivity contribution in [1.82, 2.24) is 4.98 Å². The van der Waals surface area contributed by atoms with E-state index in [4.69, 9.17) is 4.74 Å². The molecule has 3 rings (SSSR count). The monoisotopic (exact) mass is 266 g/mol. The highest BCUT2D eigenvalue weighted by atomic mass is 16.5. The van der Waals surface area contributed by atoms with E-state index in [1.807, 2.05) is 30.3 Å². The molecule has 0 N–H and O–H groups in total.